The zero-order valence-electron chi connectivity index (χ0n) is 13.0. The quantitative estimate of drug-likeness (QED) is 0.716. The highest BCUT2D eigenvalue weighted by atomic mass is 35.5. The van der Waals surface area contributed by atoms with Crippen molar-refractivity contribution in [3.05, 3.63) is 52.3 Å². The monoisotopic (exact) mass is 389 g/mol. The standard InChI is InChI=1S/C17H13Cl2N5S/c18-11-6-10(8-20)7-12(19)14(11)17-23-13-2-4-22-16(15(13)25-17)24-5-1-3-21-9-24/h1-7H,8-9,20H2. The number of nitrogens with two attached hydrogens (primary N) is 1. The van der Waals surface area contributed by atoms with Crippen LogP contribution in [0.4, 0.5) is 5.82 Å². The third-order valence-electron chi connectivity index (χ3n) is 3.80. The summed E-state index contributed by atoms with van der Waals surface area (Å²) in [5, 5.41) is 1.85. The summed E-state index contributed by atoms with van der Waals surface area (Å²) >= 11 is 14.4. The molecule has 8 heteroatoms. The highest BCUT2D eigenvalue weighted by Crippen LogP contribution is 2.41. The molecule has 0 aliphatic carbocycles. The van der Waals surface area contributed by atoms with Gasteiger partial charge >= 0.3 is 0 Å². The summed E-state index contributed by atoms with van der Waals surface area (Å²) in [5.74, 6) is 0.820. The second kappa shape index (κ2) is 6.72. The van der Waals surface area contributed by atoms with Crippen LogP contribution in [0.2, 0.25) is 10.0 Å². The van der Waals surface area contributed by atoms with Gasteiger partial charge in [-0.3, -0.25) is 4.99 Å². The second-order valence-electron chi connectivity index (χ2n) is 5.42. The minimum atomic E-state index is 0.384. The molecular formula is C17H13Cl2N5S. The smallest absolute Gasteiger partial charge is 0.153 e. The zero-order chi connectivity index (χ0) is 17.4. The van der Waals surface area contributed by atoms with Crippen LogP contribution in [0.3, 0.4) is 0 Å². The molecule has 3 aromatic rings. The first-order valence-corrected chi connectivity index (χ1v) is 9.12. The Morgan fingerprint density at radius 3 is 2.72 bits per heavy atom. The molecule has 25 heavy (non-hydrogen) atoms. The molecule has 0 fully saturated rings. The van der Waals surface area contributed by atoms with Crippen LogP contribution < -0.4 is 10.6 Å². The molecule has 5 nitrogen and oxygen atoms in total. The van der Waals surface area contributed by atoms with E-state index in [0.717, 1.165) is 32.2 Å². The SMILES string of the molecule is NCc1cc(Cl)c(-c2nc3ccnc(N4C=CC=NC4)c3s2)c(Cl)c1. The number of aliphatic imine (C=N–C) groups is 1. The van der Waals surface area contributed by atoms with Gasteiger partial charge in [0.25, 0.3) is 0 Å². The predicted octanol–water partition coefficient (Wildman–Crippen LogP) is 4.49. The highest BCUT2D eigenvalue weighted by molar-refractivity contribution is 7.22. The molecule has 0 spiro atoms. The number of rotatable bonds is 3. The number of hydrogen-bond donors (Lipinski definition) is 1. The van der Waals surface area contributed by atoms with E-state index < -0.39 is 0 Å². The van der Waals surface area contributed by atoms with Crippen LogP contribution in [-0.2, 0) is 6.54 Å². The lowest BCUT2D eigenvalue weighted by molar-refractivity contribution is 0.952. The molecule has 126 valence electrons. The van der Waals surface area contributed by atoms with Crippen LogP contribution in [-0.4, -0.2) is 22.9 Å². The third-order valence-corrected chi connectivity index (χ3v) is 5.48. The lowest BCUT2D eigenvalue weighted by Crippen LogP contribution is -2.19. The molecule has 0 saturated carbocycles. The number of nitrogens with zero attached hydrogens (tertiary/aromatic N) is 4. The van der Waals surface area contributed by atoms with Crippen molar-refractivity contribution in [3.8, 4) is 10.6 Å². The third kappa shape index (κ3) is 3.02. The first-order valence-electron chi connectivity index (χ1n) is 7.54. The molecule has 0 bridgehead atoms. The summed E-state index contributed by atoms with van der Waals surface area (Å²) in [6.45, 7) is 0.915. The Morgan fingerprint density at radius 2 is 2.04 bits per heavy atom. The van der Waals surface area contributed by atoms with Crippen LogP contribution in [0.15, 0.2) is 41.7 Å². The molecule has 1 aliphatic heterocycles. The van der Waals surface area contributed by atoms with Gasteiger partial charge in [0.1, 0.15) is 11.7 Å². The fourth-order valence-corrected chi connectivity index (χ4v) is 4.59. The molecular weight excluding hydrogens is 377 g/mol. The van der Waals surface area contributed by atoms with Gasteiger partial charge in [0, 0.05) is 30.7 Å². The molecule has 0 amide bonds. The van der Waals surface area contributed by atoms with E-state index in [1.807, 2.05) is 35.4 Å². The summed E-state index contributed by atoms with van der Waals surface area (Å²) in [6.07, 6.45) is 7.34. The summed E-state index contributed by atoms with van der Waals surface area (Å²) in [6, 6.07) is 5.54. The van der Waals surface area contributed by atoms with E-state index in [4.69, 9.17) is 33.9 Å². The van der Waals surface area contributed by atoms with E-state index >= 15 is 0 Å². The van der Waals surface area contributed by atoms with Gasteiger partial charge in [0.15, 0.2) is 5.82 Å². The van der Waals surface area contributed by atoms with E-state index in [0.29, 0.717) is 23.3 Å². The van der Waals surface area contributed by atoms with E-state index in [9.17, 15) is 0 Å². The van der Waals surface area contributed by atoms with Gasteiger partial charge in [0.05, 0.1) is 20.3 Å². The molecule has 2 N–H and O–H groups in total. The number of halogens is 2. The molecule has 0 saturated heterocycles. The van der Waals surface area contributed by atoms with Crippen LogP contribution in [0.5, 0.6) is 0 Å². The van der Waals surface area contributed by atoms with E-state index in [2.05, 4.69) is 9.98 Å². The number of pyridine rings is 1. The van der Waals surface area contributed by atoms with Crippen LogP contribution >= 0.6 is 34.5 Å². The number of benzene rings is 1. The topological polar surface area (TPSA) is 67.4 Å². The van der Waals surface area contributed by atoms with Crippen LogP contribution in [0, 0.1) is 0 Å². The average molecular weight is 390 g/mol. The number of aromatic nitrogens is 2. The molecule has 3 heterocycles. The van der Waals surface area contributed by atoms with Gasteiger partial charge in [-0.15, -0.1) is 11.3 Å². The van der Waals surface area contributed by atoms with Crippen molar-refractivity contribution >= 4 is 56.8 Å². The van der Waals surface area contributed by atoms with Crippen molar-refractivity contribution in [2.75, 3.05) is 11.6 Å². The van der Waals surface area contributed by atoms with Gasteiger partial charge in [0.2, 0.25) is 0 Å². The Kier molecular flexibility index (Phi) is 4.43. The van der Waals surface area contributed by atoms with Gasteiger partial charge in [-0.05, 0) is 29.8 Å². The van der Waals surface area contributed by atoms with Gasteiger partial charge < -0.3 is 10.6 Å². The summed E-state index contributed by atoms with van der Waals surface area (Å²) in [5.41, 5.74) is 8.14. The number of allylic oxidation sites excluding steroid dienone is 1. The highest BCUT2D eigenvalue weighted by Gasteiger charge is 2.18. The molecule has 2 aromatic heterocycles. The lowest BCUT2D eigenvalue weighted by Gasteiger charge is -2.18. The summed E-state index contributed by atoms with van der Waals surface area (Å²) in [7, 11) is 0. The molecule has 4 rings (SSSR count). The van der Waals surface area contributed by atoms with Crippen LogP contribution in [0.25, 0.3) is 20.8 Å². The molecule has 1 aliphatic rings. The maximum atomic E-state index is 6.43. The molecule has 1 aromatic carbocycles. The molecule has 0 radical (unpaired) electrons. The van der Waals surface area contributed by atoms with Crippen LogP contribution in [0.1, 0.15) is 5.56 Å². The van der Waals surface area contributed by atoms with Crippen molar-refractivity contribution in [3.63, 3.8) is 0 Å². The Morgan fingerprint density at radius 1 is 1.24 bits per heavy atom. The van der Waals surface area contributed by atoms with Crippen molar-refractivity contribution in [2.24, 2.45) is 10.7 Å². The zero-order valence-corrected chi connectivity index (χ0v) is 15.3. The number of hydrogen-bond acceptors (Lipinski definition) is 6. The first-order chi connectivity index (χ1) is 12.2. The largest absolute Gasteiger partial charge is 0.326 e. The van der Waals surface area contributed by atoms with E-state index in [-0.39, 0.29) is 0 Å². The molecule has 0 unspecified atom stereocenters. The molecule has 0 atom stereocenters. The number of fused-ring (bicyclic) bond motifs is 1. The number of thiazole rings is 1. The maximum absolute atomic E-state index is 6.43. The fourth-order valence-electron chi connectivity index (χ4n) is 2.62. The van der Waals surface area contributed by atoms with Crippen molar-refractivity contribution < 1.29 is 0 Å². The minimum Gasteiger partial charge on any atom is -0.326 e. The Labute approximate surface area is 158 Å². The van der Waals surface area contributed by atoms with Crippen molar-refractivity contribution in [1.29, 1.82) is 0 Å². The number of anilines is 1. The predicted molar refractivity (Wildman–Crippen MR) is 106 cm³/mol. The van der Waals surface area contributed by atoms with E-state index in [1.54, 1.807) is 12.4 Å². The Balaban J connectivity index is 1.85. The van der Waals surface area contributed by atoms with Gasteiger partial charge in [-0.1, -0.05) is 23.2 Å². The van der Waals surface area contributed by atoms with Gasteiger partial charge in [-0.2, -0.15) is 0 Å². The average Bonchev–Trinajstić information content (AvgIpc) is 3.05. The normalized spacial score (nSPS) is 13.8. The maximum Gasteiger partial charge on any atom is 0.153 e. The Hall–Kier alpha value is -1.99. The van der Waals surface area contributed by atoms with Crippen molar-refractivity contribution in [1.82, 2.24) is 9.97 Å². The summed E-state index contributed by atoms with van der Waals surface area (Å²) < 4.78 is 0.967. The first kappa shape index (κ1) is 16.5. The second-order valence-corrected chi connectivity index (χ2v) is 7.24. The Bertz CT molecular complexity index is 988. The minimum absolute atomic E-state index is 0.384. The summed E-state index contributed by atoms with van der Waals surface area (Å²) in [4.78, 5) is 15.4. The fraction of sp³-hybridized carbons (Fsp3) is 0.118. The lowest BCUT2D eigenvalue weighted by atomic mass is 10.1. The van der Waals surface area contributed by atoms with E-state index in [1.165, 1.54) is 11.3 Å². The van der Waals surface area contributed by atoms with Crippen molar-refractivity contribution in [2.45, 2.75) is 6.54 Å². The van der Waals surface area contributed by atoms with Gasteiger partial charge in [-0.25, -0.2) is 9.97 Å².